The van der Waals surface area contributed by atoms with E-state index in [1.807, 2.05) is 11.6 Å². The molecule has 0 amide bonds. The second-order valence-corrected chi connectivity index (χ2v) is 4.83. The molecule has 1 aromatic rings. The van der Waals surface area contributed by atoms with E-state index >= 15 is 0 Å². The number of nitrogens with two attached hydrogens (primary N) is 1. The Morgan fingerprint density at radius 2 is 2.14 bits per heavy atom. The Balaban J connectivity index is 2.82. The number of thioether (sulfide) groups is 1. The summed E-state index contributed by atoms with van der Waals surface area (Å²) < 4.78 is 1.98. The first kappa shape index (κ1) is 11.4. The minimum atomic E-state index is 0.680. The molecule has 1 heterocycles. The van der Waals surface area contributed by atoms with Gasteiger partial charge in [-0.1, -0.05) is 13.8 Å². The monoisotopic (exact) mass is 213 g/mol. The number of aryl methyl sites for hydroxylation is 2. The second kappa shape index (κ2) is 4.73. The van der Waals surface area contributed by atoms with Gasteiger partial charge in [0.1, 0.15) is 5.03 Å². The Kier molecular flexibility index (Phi) is 3.86. The number of aromatic nitrogens is 2. The van der Waals surface area contributed by atoms with Crippen molar-refractivity contribution in [3.8, 4) is 0 Å². The Morgan fingerprint density at radius 3 is 2.64 bits per heavy atom. The molecule has 0 aliphatic rings. The van der Waals surface area contributed by atoms with Crippen molar-refractivity contribution in [3.05, 3.63) is 5.69 Å². The van der Waals surface area contributed by atoms with Crippen LogP contribution in [-0.2, 0) is 6.54 Å². The normalized spacial score (nSPS) is 11.2. The predicted octanol–water partition coefficient (Wildman–Crippen LogP) is 2.54. The van der Waals surface area contributed by atoms with Crippen molar-refractivity contribution in [1.29, 1.82) is 0 Å². The van der Waals surface area contributed by atoms with Crippen LogP contribution in [0.15, 0.2) is 5.03 Å². The third-order valence-corrected chi connectivity index (χ3v) is 3.52. The van der Waals surface area contributed by atoms with Gasteiger partial charge >= 0.3 is 0 Å². The zero-order chi connectivity index (χ0) is 10.7. The standard InChI is InChI=1S/C10H19N3S/c1-5-13-10(14-6-7(2)3)9(11)8(4)12-13/h7H,5-6,11H2,1-4H3. The highest BCUT2D eigenvalue weighted by Crippen LogP contribution is 2.28. The van der Waals surface area contributed by atoms with E-state index in [4.69, 9.17) is 5.73 Å². The van der Waals surface area contributed by atoms with E-state index in [0.717, 1.165) is 28.7 Å². The summed E-state index contributed by atoms with van der Waals surface area (Å²) in [5.74, 6) is 1.77. The van der Waals surface area contributed by atoms with E-state index in [0.29, 0.717) is 5.92 Å². The lowest BCUT2D eigenvalue weighted by Crippen LogP contribution is -2.01. The van der Waals surface area contributed by atoms with Gasteiger partial charge in [0.15, 0.2) is 0 Å². The van der Waals surface area contributed by atoms with Crippen molar-refractivity contribution in [2.24, 2.45) is 5.92 Å². The Hall–Kier alpha value is -0.640. The van der Waals surface area contributed by atoms with Crippen LogP contribution in [0, 0.1) is 12.8 Å². The molecule has 2 N–H and O–H groups in total. The SMILES string of the molecule is CCn1nc(C)c(N)c1SCC(C)C. The lowest BCUT2D eigenvalue weighted by Gasteiger charge is -2.07. The van der Waals surface area contributed by atoms with Crippen LogP contribution in [0.25, 0.3) is 0 Å². The zero-order valence-electron chi connectivity index (χ0n) is 9.37. The molecular weight excluding hydrogens is 194 g/mol. The maximum Gasteiger partial charge on any atom is 0.117 e. The fourth-order valence-electron chi connectivity index (χ4n) is 1.19. The molecule has 14 heavy (non-hydrogen) atoms. The van der Waals surface area contributed by atoms with Crippen LogP contribution in [0.5, 0.6) is 0 Å². The molecule has 0 aromatic carbocycles. The highest BCUT2D eigenvalue weighted by Gasteiger charge is 2.11. The molecule has 0 atom stereocenters. The average Bonchev–Trinajstić information content (AvgIpc) is 2.40. The molecule has 3 nitrogen and oxygen atoms in total. The Morgan fingerprint density at radius 1 is 1.50 bits per heavy atom. The van der Waals surface area contributed by atoms with Crippen LogP contribution >= 0.6 is 11.8 Å². The highest BCUT2D eigenvalue weighted by molar-refractivity contribution is 7.99. The third kappa shape index (κ3) is 2.44. The van der Waals surface area contributed by atoms with E-state index < -0.39 is 0 Å². The molecule has 0 aliphatic carbocycles. The fraction of sp³-hybridized carbons (Fsp3) is 0.700. The summed E-state index contributed by atoms with van der Waals surface area (Å²) >= 11 is 1.80. The molecule has 0 aliphatic heterocycles. The van der Waals surface area contributed by atoms with Gasteiger partial charge in [0, 0.05) is 12.3 Å². The number of nitrogen functional groups attached to an aromatic ring is 1. The van der Waals surface area contributed by atoms with Crippen molar-refractivity contribution in [2.75, 3.05) is 11.5 Å². The van der Waals surface area contributed by atoms with Gasteiger partial charge in [-0.05, 0) is 19.8 Å². The smallest absolute Gasteiger partial charge is 0.117 e. The van der Waals surface area contributed by atoms with Crippen LogP contribution in [0.4, 0.5) is 5.69 Å². The van der Waals surface area contributed by atoms with Crippen LogP contribution in [0.2, 0.25) is 0 Å². The first-order valence-electron chi connectivity index (χ1n) is 5.01. The summed E-state index contributed by atoms with van der Waals surface area (Å²) in [4.78, 5) is 0. The topological polar surface area (TPSA) is 43.8 Å². The second-order valence-electron chi connectivity index (χ2n) is 3.82. The van der Waals surface area contributed by atoms with Crippen LogP contribution in [0.3, 0.4) is 0 Å². The summed E-state index contributed by atoms with van der Waals surface area (Å²) in [6, 6.07) is 0. The molecule has 0 radical (unpaired) electrons. The first-order chi connectivity index (χ1) is 6.56. The van der Waals surface area contributed by atoms with E-state index in [1.54, 1.807) is 11.8 Å². The van der Waals surface area contributed by atoms with Gasteiger partial charge in [-0.2, -0.15) is 5.10 Å². The predicted molar refractivity (Wildman–Crippen MR) is 62.6 cm³/mol. The number of nitrogens with zero attached hydrogens (tertiary/aromatic N) is 2. The molecule has 1 rings (SSSR count). The molecule has 0 bridgehead atoms. The number of anilines is 1. The van der Waals surface area contributed by atoms with Gasteiger partial charge in [0.2, 0.25) is 0 Å². The lowest BCUT2D eigenvalue weighted by atomic mass is 10.3. The Labute approximate surface area is 90.1 Å². The third-order valence-electron chi connectivity index (χ3n) is 1.98. The molecule has 4 heteroatoms. The maximum atomic E-state index is 5.96. The first-order valence-corrected chi connectivity index (χ1v) is 6.00. The van der Waals surface area contributed by atoms with Crippen LogP contribution in [-0.4, -0.2) is 15.5 Å². The van der Waals surface area contributed by atoms with E-state index in [9.17, 15) is 0 Å². The molecule has 0 spiro atoms. The summed E-state index contributed by atoms with van der Waals surface area (Å²) in [5, 5.41) is 5.50. The lowest BCUT2D eigenvalue weighted by molar-refractivity contribution is 0.601. The fourth-order valence-corrected chi connectivity index (χ4v) is 2.30. The zero-order valence-corrected chi connectivity index (χ0v) is 10.2. The van der Waals surface area contributed by atoms with Crippen molar-refractivity contribution in [3.63, 3.8) is 0 Å². The van der Waals surface area contributed by atoms with Gasteiger partial charge in [-0.25, -0.2) is 0 Å². The molecule has 0 saturated heterocycles. The van der Waals surface area contributed by atoms with E-state index in [2.05, 4.69) is 25.9 Å². The summed E-state index contributed by atoms with van der Waals surface area (Å²) in [6.07, 6.45) is 0. The largest absolute Gasteiger partial charge is 0.395 e. The average molecular weight is 213 g/mol. The maximum absolute atomic E-state index is 5.96. The highest BCUT2D eigenvalue weighted by atomic mass is 32.2. The van der Waals surface area contributed by atoms with Gasteiger partial charge in [0.25, 0.3) is 0 Å². The molecule has 0 unspecified atom stereocenters. The quantitative estimate of drug-likeness (QED) is 0.782. The van der Waals surface area contributed by atoms with Gasteiger partial charge in [-0.3, -0.25) is 4.68 Å². The molecule has 0 fully saturated rings. The van der Waals surface area contributed by atoms with Crippen LogP contribution in [0.1, 0.15) is 26.5 Å². The van der Waals surface area contributed by atoms with Crippen molar-refractivity contribution < 1.29 is 0 Å². The van der Waals surface area contributed by atoms with Crippen molar-refractivity contribution >= 4 is 17.4 Å². The van der Waals surface area contributed by atoms with E-state index in [1.165, 1.54) is 0 Å². The van der Waals surface area contributed by atoms with Gasteiger partial charge < -0.3 is 5.73 Å². The van der Waals surface area contributed by atoms with E-state index in [-0.39, 0.29) is 0 Å². The minimum Gasteiger partial charge on any atom is -0.395 e. The summed E-state index contributed by atoms with van der Waals surface area (Å²) in [6.45, 7) is 9.36. The molecule has 80 valence electrons. The van der Waals surface area contributed by atoms with Crippen molar-refractivity contribution in [1.82, 2.24) is 9.78 Å². The molecular formula is C10H19N3S. The minimum absolute atomic E-state index is 0.680. The summed E-state index contributed by atoms with van der Waals surface area (Å²) in [7, 11) is 0. The number of hydrogen-bond donors (Lipinski definition) is 1. The van der Waals surface area contributed by atoms with Crippen molar-refractivity contribution in [2.45, 2.75) is 39.3 Å². The number of hydrogen-bond acceptors (Lipinski definition) is 3. The number of rotatable bonds is 4. The van der Waals surface area contributed by atoms with Gasteiger partial charge in [0.05, 0.1) is 11.4 Å². The Bertz CT molecular complexity index is 305. The van der Waals surface area contributed by atoms with Gasteiger partial charge in [-0.15, -0.1) is 11.8 Å². The molecule has 1 aromatic heterocycles. The molecule has 0 saturated carbocycles. The summed E-state index contributed by atoms with van der Waals surface area (Å²) in [5.41, 5.74) is 7.75. The van der Waals surface area contributed by atoms with Crippen LogP contribution < -0.4 is 5.73 Å².